The van der Waals surface area contributed by atoms with Gasteiger partial charge in [-0.25, -0.2) is 18.4 Å². The van der Waals surface area contributed by atoms with Crippen LogP contribution in [0.5, 0.6) is 0 Å². The van der Waals surface area contributed by atoms with Crippen LogP contribution in [0.15, 0.2) is 16.3 Å². The lowest BCUT2D eigenvalue weighted by Gasteiger charge is -2.31. The molecule has 0 saturated carbocycles. The molecule has 0 spiro atoms. The maximum Gasteiger partial charge on any atom is 0.345 e. The Morgan fingerprint density at radius 2 is 1.67 bits per heavy atom. The third kappa shape index (κ3) is 3.41. The Bertz CT molecular complexity index is 745. The van der Waals surface area contributed by atoms with Crippen LogP contribution in [0.1, 0.15) is 9.67 Å². The molecule has 0 amide bonds. The molecule has 0 aliphatic carbocycles. The van der Waals surface area contributed by atoms with Gasteiger partial charge in [-0.3, -0.25) is 0 Å². The molecule has 0 aromatic carbocycles. The number of hydrogen-bond acceptors (Lipinski definition) is 6. The zero-order valence-electron chi connectivity index (χ0n) is 10.7. The van der Waals surface area contributed by atoms with Crippen molar-refractivity contribution in [1.29, 1.82) is 0 Å². The highest BCUT2D eigenvalue weighted by molar-refractivity contribution is 7.89. The quantitative estimate of drug-likeness (QED) is 0.707. The minimum atomic E-state index is -3.83. The number of carboxylic acid groups (broad SMARTS) is 1. The minimum absolute atomic E-state index is 0.0307. The van der Waals surface area contributed by atoms with E-state index in [-0.39, 0.29) is 36.0 Å². The van der Waals surface area contributed by atoms with E-state index in [2.05, 4.69) is 0 Å². The molecule has 0 atom stereocenters. The molecule has 3 N–H and O–H groups in total. The average molecular weight is 355 g/mol. The van der Waals surface area contributed by atoms with Gasteiger partial charge in [-0.05, 0) is 6.07 Å². The fourth-order valence-corrected chi connectivity index (χ4v) is 5.07. The number of thiophene rings is 1. The lowest BCUT2D eigenvalue weighted by molar-refractivity contribution is 0.0702. The van der Waals surface area contributed by atoms with Gasteiger partial charge in [0.15, 0.2) is 0 Å². The van der Waals surface area contributed by atoms with Crippen LogP contribution in [0.3, 0.4) is 0 Å². The van der Waals surface area contributed by atoms with E-state index in [9.17, 15) is 21.6 Å². The van der Waals surface area contributed by atoms with E-state index in [1.165, 1.54) is 5.38 Å². The van der Waals surface area contributed by atoms with Crippen molar-refractivity contribution in [3.63, 3.8) is 0 Å². The van der Waals surface area contributed by atoms with Gasteiger partial charge in [0.1, 0.15) is 4.88 Å². The largest absolute Gasteiger partial charge is 0.477 e. The Labute approximate surface area is 125 Å². The summed E-state index contributed by atoms with van der Waals surface area (Å²) in [6, 6.07) is 1.09. The third-order valence-corrected chi connectivity index (χ3v) is 7.01. The fourth-order valence-electron chi connectivity index (χ4n) is 1.88. The standard InChI is InChI=1S/C9H13N3O6S3/c10-21(17,18)12-3-1-11(2-4-12)20(15,16)7-5-8(9(13)14)19-6-7/h5-6H,1-4H2,(H,13,14)(H2,10,17,18). The second-order valence-corrected chi connectivity index (χ2v) is 8.70. The van der Waals surface area contributed by atoms with Crippen LogP contribution in [-0.4, -0.2) is 62.7 Å². The number of nitrogens with zero attached hydrogens (tertiary/aromatic N) is 2. The van der Waals surface area contributed by atoms with Crippen molar-refractivity contribution < 1.29 is 26.7 Å². The van der Waals surface area contributed by atoms with Gasteiger partial charge in [0, 0.05) is 31.6 Å². The summed E-state index contributed by atoms with van der Waals surface area (Å²) in [5.41, 5.74) is 0. The van der Waals surface area contributed by atoms with Crippen LogP contribution in [0.2, 0.25) is 0 Å². The van der Waals surface area contributed by atoms with Gasteiger partial charge in [-0.2, -0.15) is 17.0 Å². The number of hydrogen-bond donors (Lipinski definition) is 2. The smallest absolute Gasteiger partial charge is 0.345 e. The number of piperazine rings is 1. The normalized spacial score (nSPS) is 18.7. The van der Waals surface area contributed by atoms with E-state index in [1.807, 2.05) is 0 Å². The Morgan fingerprint density at radius 1 is 1.14 bits per heavy atom. The Kier molecular flexibility index (Phi) is 4.37. The SMILES string of the molecule is NS(=O)(=O)N1CCN(S(=O)(=O)c2csc(C(=O)O)c2)CC1. The summed E-state index contributed by atoms with van der Waals surface area (Å²) in [7, 11) is -7.66. The number of nitrogens with two attached hydrogens (primary N) is 1. The number of aromatic carboxylic acids is 1. The maximum absolute atomic E-state index is 12.3. The highest BCUT2D eigenvalue weighted by Gasteiger charge is 2.32. The molecule has 9 nitrogen and oxygen atoms in total. The van der Waals surface area contributed by atoms with E-state index in [4.69, 9.17) is 10.2 Å². The summed E-state index contributed by atoms with van der Waals surface area (Å²) in [5.74, 6) is -1.19. The first-order chi connectivity index (χ1) is 9.62. The molecule has 2 rings (SSSR count). The van der Waals surface area contributed by atoms with Crippen molar-refractivity contribution in [2.75, 3.05) is 26.2 Å². The van der Waals surface area contributed by atoms with Gasteiger partial charge in [-0.1, -0.05) is 0 Å². The van der Waals surface area contributed by atoms with E-state index in [1.54, 1.807) is 0 Å². The molecule has 118 valence electrons. The first-order valence-corrected chi connectivity index (χ1v) is 9.54. The molecular weight excluding hydrogens is 342 g/mol. The van der Waals surface area contributed by atoms with Crippen molar-refractivity contribution >= 4 is 37.5 Å². The predicted molar refractivity (Wildman–Crippen MR) is 74.7 cm³/mol. The summed E-state index contributed by atoms with van der Waals surface area (Å²) >= 11 is 0.822. The summed E-state index contributed by atoms with van der Waals surface area (Å²) in [6.07, 6.45) is 0. The van der Waals surface area contributed by atoms with Crippen molar-refractivity contribution in [2.45, 2.75) is 4.90 Å². The molecule has 1 aliphatic rings. The summed E-state index contributed by atoms with van der Waals surface area (Å²) in [6.45, 7) is -0.129. The molecular formula is C9H13N3O6S3. The molecule has 12 heteroatoms. The summed E-state index contributed by atoms with van der Waals surface area (Å²) in [5, 5.41) is 15.0. The van der Waals surface area contributed by atoms with Crippen molar-refractivity contribution in [3.05, 3.63) is 16.3 Å². The van der Waals surface area contributed by atoms with Gasteiger partial charge < -0.3 is 5.11 Å². The summed E-state index contributed by atoms with van der Waals surface area (Å²) in [4.78, 5) is 10.6. The highest BCUT2D eigenvalue weighted by atomic mass is 32.2. The van der Waals surface area contributed by atoms with Gasteiger partial charge in [0.2, 0.25) is 10.0 Å². The van der Waals surface area contributed by atoms with Gasteiger partial charge in [0.25, 0.3) is 10.2 Å². The van der Waals surface area contributed by atoms with E-state index < -0.39 is 26.2 Å². The van der Waals surface area contributed by atoms with Crippen molar-refractivity contribution in [2.24, 2.45) is 5.14 Å². The third-order valence-electron chi connectivity index (χ3n) is 2.98. The maximum atomic E-state index is 12.3. The topological polar surface area (TPSA) is 138 Å². The average Bonchev–Trinajstić information content (AvgIpc) is 2.88. The Hall–Kier alpha value is -1.05. The second-order valence-electron chi connectivity index (χ2n) is 4.30. The molecule has 1 saturated heterocycles. The molecule has 1 aromatic heterocycles. The summed E-state index contributed by atoms with van der Waals surface area (Å²) < 4.78 is 49.1. The van der Waals surface area contributed by atoms with E-state index in [0.29, 0.717) is 0 Å². The van der Waals surface area contributed by atoms with Crippen molar-refractivity contribution in [3.8, 4) is 0 Å². The molecule has 1 aromatic rings. The van der Waals surface area contributed by atoms with Crippen LogP contribution < -0.4 is 5.14 Å². The molecule has 1 fully saturated rings. The lowest BCUT2D eigenvalue weighted by atomic mass is 10.4. The van der Waals surface area contributed by atoms with Crippen LogP contribution in [0.25, 0.3) is 0 Å². The zero-order chi connectivity index (χ0) is 15.8. The van der Waals surface area contributed by atoms with Gasteiger partial charge in [-0.15, -0.1) is 11.3 Å². The first-order valence-electron chi connectivity index (χ1n) is 5.72. The van der Waals surface area contributed by atoms with Crippen LogP contribution in [0.4, 0.5) is 0 Å². The molecule has 0 unspecified atom stereocenters. The van der Waals surface area contributed by atoms with Crippen molar-refractivity contribution in [1.82, 2.24) is 8.61 Å². The van der Waals surface area contributed by atoms with Gasteiger partial charge >= 0.3 is 5.97 Å². The Morgan fingerprint density at radius 3 is 2.10 bits per heavy atom. The van der Waals surface area contributed by atoms with Crippen LogP contribution in [-0.2, 0) is 20.2 Å². The second kappa shape index (κ2) is 5.62. The van der Waals surface area contributed by atoms with E-state index >= 15 is 0 Å². The highest BCUT2D eigenvalue weighted by Crippen LogP contribution is 2.23. The van der Waals surface area contributed by atoms with E-state index in [0.717, 1.165) is 26.0 Å². The number of carbonyl (C=O) groups is 1. The zero-order valence-corrected chi connectivity index (χ0v) is 13.1. The number of carboxylic acids is 1. The number of rotatable bonds is 4. The molecule has 1 aliphatic heterocycles. The fraction of sp³-hybridized carbons (Fsp3) is 0.444. The minimum Gasteiger partial charge on any atom is -0.477 e. The van der Waals surface area contributed by atoms with Crippen LogP contribution in [0, 0.1) is 0 Å². The molecule has 0 radical (unpaired) electrons. The monoisotopic (exact) mass is 355 g/mol. The van der Waals surface area contributed by atoms with Crippen LogP contribution >= 0.6 is 11.3 Å². The lowest BCUT2D eigenvalue weighted by Crippen LogP contribution is -2.52. The number of sulfonamides is 1. The molecule has 21 heavy (non-hydrogen) atoms. The van der Waals surface area contributed by atoms with Gasteiger partial charge in [0.05, 0.1) is 4.90 Å². The predicted octanol–water partition coefficient (Wildman–Crippen LogP) is -1.04. The Balaban J connectivity index is 2.16. The first kappa shape index (κ1) is 16.3. The molecule has 2 heterocycles. The molecule has 0 bridgehead atoms.